The predicted molar refractivity (Wildman–Crippen MR) is 143 cm³/mol. The van der Waals surface area contributed by atoms with Crippen LogP contribution in [0.25, 0.3) is 0 Å². The lowest BCUT2D eigenvalue weighted by molar-refractivity contribution is -0.114. The summed E-state index contributed by atoms with van der Waals surface area (Å²) in [6, 6.07) is 30.5. The molecule has 4 aromatic carbocycles. The van der Waals surface area contributed by atoms with Crippen LogP contribution in [-0.4, -0.2) is 20.9 Å². The summed E-state index contributed by atoms with van der Waals surface area (Å²) in [6.07, 6.45) is 0. The topological polar surface area (TPSA) is 75.7 Å². The monoisotopic (exact) mass is 500 g/mol. The highest BCUT2D eigenvalue weighted by molar-refractivity contribution is 7.92. The van der Waals surface area contributed by atoms with E-state index < -0.39 is 15.9 Å². The van der Waals surface area contributed by atoms with Gasteiger partial charge in [0.2, 0.25) is 5.91 Å². The van der Waals surface area contributed by atoms with Crippen LogP contribution in [0, 0.1) is 13.8 Å². The van der Waals surface area contributed by atoms with Crippen molar-refractivity contribution in [2.24, 2.45) is 0 Å². The molecule has 184 valence electrons. The molecule has 0 unspecified atom stereocenters. The molecule has 0 saturated carbocycles. The predicted octanol–water partition coefficient (Wildman–Crippen LogP) is 5.72. The first-order valence-corrected chi connectivity index (χ1v) is 13.0. The van der Waals surface area contributed by atoms with Crippen molar-refractivity contribution in [1.82, 2.24) is 0 Å². The summed E-state index contributed by atoms with van der Waals surface area (Å²) >= 11 is 0. The van der Waals surface area contributed by atoms with E-state index in [9.17, 15) is 13.2 Å². The summed E-state index contributed by atoms with van der Waals surface area (Å²) < 4.78 is 34.0. The first-order chi connectivity index (χ1) is 17.3. The number of carbonyl (C=O) groups is 1. The Hall–Kier alpha value is -4.10. The minimum atomic E-state index is -3.97. The first kappa shape index (κ1) is 25.0. The molecular weight excluding hydrogens is 472 g/mol. The number of para-hydroxylation sites is 1. The summed E-state index contributed by atoms with van der Waals surface area (Å²) in [5.41, 5.74) is 3.76. The van der Waals surface area contributed by atoms with E-state index in [1.165, 1.54) is 0 Å². The second kappa shape index (κ2) is 11.1. The number of nitrogens with zero attached hydrogens (tertiary/aromatic N) is 1. The van der Waals surface area contributed by atoms with Gasteiger partial charge in [0.1, 0.15) is 18.9 Å². The van der Waals surface area contributed by atoms with Crippen molar-refractivity contribution in [2.45, 2.75) is 25.3 Å². The van der Waals surface area contributed by atoms with E-state index in [-0.39, 0.29) is 11.4 Å². The normalized spacial score (nSPS) is 11.1. The molecule has 0 fully saturated rings. The van der Waals surface area contributed by atoms with E-state index in [0.29, 0.717) is 23.7 Å². The van der Waals surface area contributed by atoms with Crippen molar-refractivity contribution in [3.05, 3.63) is 120 Å². The zero-order chi connectivity index (χ0) is 25.5. The maximum atomic E-state index is 13.5. The number of hydrogen-bond donors (Lipinski definition) is 1. The smallest absolute Gasteiger partial charge is 0.264 e. The average molecular weight is 501 g/mol. The second-order valence-corrected chi connectivity index (χ2v) is 10.3. The Bertz CT molecular complexity index is 1420. The van der Waals surface area contributed by atoms with E-state index in [2.05, 4.69) is 5.32 Å². The van der Waals surface area contributed by atoms with Gasteiger partial charge >= 0.3 is 0 Å². The zero-order valence-corrected chi connectivity index (χ0v) is 21.0. The number of rotatable bonds is 9. The number of anilines is 2. The van der Waals surface area contributed by atoms with Crippen LogP contribution in [0.2, 0.25) is 0 Å². The maximum absolute atomic E-state index is 13.5. The van der Waals surface area contributed by atoms with Crippen molar-refractivity contribution in [3.8, 4) is 5.75 Å². The lowest BCUT2D eigenvalue weighted by Crippen LogP contribution is -2.38. The van der Waals surface area contributed by atoms with Gasteiger partial charge in [0, 0.05) is 5.69 Å². The molecule has 0 aromatic heterocycles. The van der Waals surface area contributed by atoms with Gasteiger partial charge in [0.05, 0.1) is 10.6 Å². The molecule has 1 amide bonds. The maximum Gasteiger partial charge on any atom is 0.264 e. The van der Waals surface area contributed by atoms with Gasteiger partial charge in [-0.2, -0.15) is 0 Å². The minimum absolute atomic E-state index is 0.129. The molecule has 36 heavy (non-hydrogen) atoms. The van der Waals surface area contributed by atoms with E-state index in [1.807, 2.05) is 56.3 Å². The van der Waals surface area contributed by atoms with Crippen LogP contribution in [-0.2, 0) is 21.4 Å². The third-order valence-corrected chi connectivity index (χ3v) is 7.44. The number of hydrogen-bond acceptors (Lipinski definition) is 4. The van der Waals surface area contributed by atoms with Gasteiger partial charge in [-0.15, -0.1) is 0 Å². The van der Waals surface area contributed by atoms with Gasteiger partial charge < -0.3 is 10.1 Å². The molecule has 0 spiro atoms. The van der Waals surface area contributed by atoms with Gasteiger partial charge in [-0.1, -0.05) is 66.2 Å². The van der Waals surface area contributed by atoms with Gasteiger partial charge in [-0.25, -0.2) is 8.42 Å². The molecule has 6 nitrogen and oxygen atoms in total. The summed E-state index contributed by atoms with van der Waals surface area (Å²) in [5.74, 6) is 0.215. The van der Waals surface area contributed by atoms with Crippen LogP contribution < -0.4 is 14.4 Å². The van der Waals surface area contributed by atoms with Gasteiger partial charge in [0.25, 0.3) is 10.0 Å². The quantitative estimate of drug-likeness (QED) is 0.319. The minimum Gasteiger partial charge on any atom is -0.489 e. The fourth-order valence-corrected chi connectivity index (χ4v) is 5.17. The summed E-state index contributed by atoms with van der Waals surface area (Å²) in [4.78, 5) is 13.1. The summed E-state index contributed by atoms with van der Waals surface area (Å²) in [7, 11) is -3.97. The molecule has 7 heteroatoms. The molecule has 0 saturated heterocycles. The van der Waals surface area contributed by atoms with Crippen molar-refractivity contribution in [3.63, 3.8) is 0 Å². The number of ether oxygens (including phenoxy) is 1. The lowest BCUT2D eigenvalue weighted by Gasteiger charge is -2.25. The largest absolute Gasteiger partial charge is 0.489 e. The van der Waals surface area contributed by atoms with Gasteiger partial charge in [0.15, 0.2) is 0 Å². The molecule has 0 radical (unpaired) electrons. The Morgan fingerprint density at radius 3 is 2.11 bits per heavy atom. The Labute approximate surface area is 212 Å². The number of benzene rings is 4. The fraction of sp³-hybridized carbons (Fsp3) is 0.138. The molecule has 0 atom stereocenters. The highest BCUT2D eigenvalue weighted by Gasteiger charge is 2.28. The first-order valence-electron chi connectivity index (χ1n) is 11.5. The van der Waals surface area contributed by atoms with Gasteiger partial charge in [-0.05, 0) is 67.4 Å². The van der Waals surface area contributed by atoms with E-state index >= 15 is 0 Å². The van der Waals surface area contributed by atoms with Crippen LogP contribution in [0.3, 0.4) is 0 Å². The molecule has 0 heterocycles. The Balaban J connectivity index is 1.49. The number of nitrogens with one attached hydrogen (secondary N) is 1. The molecule has 4 rings (SSSR count). The number of aryl methyl sites for hydroxylation is 2. The van der Waals surface area contributed by atoms with Crippen molar-refractivity contribution in [1.29, 1.82) is 0 Å². The van der Waals surface area contributed by atoms with Crippen LogP contribution >= 0.6 is 0 Å². The number of sulfonamides is 1. The Kier molecular flexibility index (Phi) is 7.71. The standard InChI is InChI=1S/C29H28N2O4S/c1-22-12-18-27(19-13-22)36(33,34)31(28-11-7-6-8-23(28)2)20-29(32)30-25-14-16-26(17-15-25)35-21-24-9-4-3-5-10-24/h3-19H,20-21H2,1-2H3,(H,30,32). The van der Waals surface area contributed by atoms with E-state index in [4.69, 9.17) is 4.74 Å². The fourth-order valence-electron chi connectivity index (χ4n) is 3.69. The van der Waals surface area contributed by atoms with Crippen molar-refractivity contribution < 1.29 is 17.9 Å². The third-order valence-electron chi connectivity index (χ3n) is 5.67. The van der Waals surface area contributed by atoms with Gasteiger partial charge in [-0.3, -0.25) is 9.10 Å². The van der Waals surface area contributed by atoms with Crippen LogP contribution in [0.1, 0.15) is 16.7 Å². The third kappa shape index (κ3) is 6.12. The molecule has 0 aliphatic carbocycles. The number of amides is 1. The second-order valence-electron chi connectivity index (χ2n) is 8.46. The highest BCUT2D eigenvalue weighted by atomic mass is 32.2. The average Bonchev–Trinajstić information content (AvgIpc) is 2.88. The summed E-state index contributed by atoms with van der Waals surface area (Å²) in [6.45, 7) is 3.78. The van der Waals surface area contributed by atoms with E-state index in [1.54, 1.807) is 60.7 Å². The Morgan fingerprint density at radius 1 is 0.806 bits per heavy atom. The van der Waals surface area contributed by atoms with Crippen LogP contribution in [0.15, 0.2) is 108 Å². The molecule has 0 aliphatic heterocycles. The molecule has 4 aromatic rings. The SMILES string of the molecule is Cc1ccc(S(=O)(=O)N(CC(=O)Nc2ccc(OCc3ccccc3)cc2)c2ccccc2C)cc1. The summed E-state index contributed by atoms with van der Waals surface area (Å²) in [5, 5.41) is 2.79. The number of carbonyl (C=O) groups excluding carboxylic acids is 1. The molecule has 0 aliphatic rings. The van der Waals surface area contributed by atoms with Crippen molar-refractivity contribution in [2.75, 3.05) is 16.2 Å². The lowest BCUT2D eigenvalue weighted by atomic mass is 10.2. The van der Waals surface area contributed by atoms with Crippen LogP contribution in [0.4, 0.5) is 11.4 Å². The van der Waals surface area contributed by atoms with E-state index in [0.717, 1.165) is 21.0 Å². The Morgan fingerprint density at radius 2 is 1.44 bits per heavy atom. The molecule has 1 N–H and O–H groups in total. The molecule has 0 bridgehead atoms. The van der Waals surface area contributed by atoms with Crippen molar-refractivity contribution >= 4 is 27.3 Å². The molecular formula is C29H28N2O4S. The zero-order valence-electron chi connectivity index (χ0n) is 20.2. The van der Waals surface area contributed by atoms with Crippen LogP contribution in [0.5, 0.6) is 5.75 Å². The highest BCUT2D eigenvalue weighted by Crippen LogP contribution is 2.27.